The molecule has 1 aromatic rings. The number of anilines is 1. The number of piperazine rings is 1. The van der Waals surface area contributed by atoms with Crippen molar-refractivity contribution in [3.05, 3.63) is 10.6 Å². The van der Waals surface area contributed by atoms with Crippen LogP contribution in [-0.4, -0.2) is 41.6 Å². The van der Waals surface area contributed by atoms with Gasteiger partial charge in [0.2, 0.25) is 0 Å². The lowest BCUT2D eigenvalue weighted by atomic mass is 10.1. The maximum absolute atomic E-state index is 5.72. The Hall–Kier alpha value is -0.650. The molecule has 1 fully saturated rings. The van der Waals surface area contributed by atoms with Gasteiger partial charge in [-0.3, -0.25) is 4.90 Å². The fraction of sp³-hybridized carbons (Fsp3) is 0.769. The Morgan fingerprint density at radius 3 is 2.28 bits per heavy atom. The van der Waals surface area contributed by atoms with Crippen molar-refractivity contribution in [3.63, 3.8) is 0 Å². The van der Waals surface area contributed by atoms with Crippen LogP contribution in [0.4, 0.5) is 5.13 Å². The number of thiazole rings is 1. The van der Waals surface area contributed by atoms with Gasteiger partial charge >= 0.3 is 0 Å². The molecule has 2 N–H and O–H groups in total. The van der Waals surface area contributed by atoms with Crippen LogP contribution < -0.4 is 10.6 Å². The van der Waals surface area contributed by atoms with Crippen molar-refractivity contribution in [3.8, 4) is 0 Å². The van der Waals surface area contributed by atoms with E-state index < -0.39 is 0 Å². The second-order valence-electron chi connectivity index (χ2n) is 5.85. The molecule has 1 aliphatic rings. The summed E-state index contributed by atoms with van der Waals surface area (Å²) in [7, 11) is 0. The van der Waals surface area contributed by atoms with E-state index in [1.807, 2.05) is 6.92 Å². The number of aryl methyl sites for hydroxylation is 1. The number of hydrogen-bond donors (Lipinski definition) is 1. The van der Waals surface area contributed by atoms with Gasteiger partial charge in [-0.25, -0.2) is 4.98 Å². The number of hydrogen-bond acceptors (Lipinski definition) is 5. The van der Waals surface area contributed by atoms with Crippen molar-refractivity contribution in [2.75, 3.05) is 31.1 Å². The highest BCUT2D eigenvalue weighted by Gasteiger charge is 2.27. The van der Waals surface area contributed by atoms with E-state index in [0.29, 0.717) is 6.54 Å². The van der Waals surface area contributed by atoms with Gasteiger partial charge < -0.3 is 10.6 Å². The second-order valence-corrected chi connectivity index (χ2v) is 6.92. The van der Waals surface area contributed by atoms with Crippen LogP contribution in [0.25, 0.3) is 0 Å². The average molecular weight is 268 g/mol. The lowest BCUT2D eigenvalue weighted by Crippen LogP contribution is -2.53. The lowest BCUT2D eigenvalue weighted by Gasteiger charge is -2.42. The minimum atomic E-state index is 0.271. The third-order valence-electron chi connectivity index (χ3n) is 3.57. The predicted octanol–water partition coefficient (Wildman–Crippen LogP) is 1.83. The summed E-state index contributed by atoms with van der Waals surface area (Å²) in [6.45, 7) is 13.8. The molecule has 1 saturated heterocycles. The highest BCUT2D eigenvalue weighted by atomic mass is 32.1. The summed E-state index contributed by atoms with van der Waals surface area (Å²) in [4.78, 5) is 10.8. The Labute approximate surface area is 114 Å². The van der Waals surface area contributed by atoms with Gasteiger partial charge in [0, 0.05) is 43.1 Å². The average Bonchev–Trinajstić information content (AvgIpc) is 2.69. The normalized spacial score (nSPS) is 18.4. The minimum Gasteiger partial charge on any atom is -0.346 e. The van der Waals surface area contributed by atoms with Crippen molar-refractivity contribution in [1.82, 2.24) is 9.88 Å². The third-order valence-corrected chi connectivity index (χ3v) is 4.81. The van der Waals surface area contributed by atoms with Crippen LogP contribution in [0.2, 0.25) is 0 Å². The molecule has 1 aromatic heterocycles. The first-order valence-corrected chi connectivity index (χ1v) is 7.40. The predicted molar refractivity (Wildman–Crippen MR) is 78.3 cm³/mol. The second kappa shape index (κ2) is 5.15. The topological polar surface area (TPSA) is 45.4 Å². The van der Waals surface area contributed by atoms with E-state index in [1.165, 1.54) is 4.88 Å². The monoisotopic (exact) mass is 268 g/mol. The fourth-order valence-corrected chi connectivity index (χ4v) is 3.30. The van der Waals surface area contributed by atoms with Crippen molar-refractivity contribution in [2.45, 2.75) is 39.8 Å². The van der Waals surface area contributed by atoms with E-state index in [0.717, 1.165) is 37.0 Å². The Morgan fingerprint density at radius 1 is 1.22 bits per heavy atom. The van der Waals surface area contributed by atoms with Crippen LogP contribution in [0, 0.1) is 6.92 Å². The molecule has 0 saturated carbocycles. The summed E-state index contributed by atoms with van der Waals surface area (Å²) in [5.74, 6) is 0. The molecule has 0 aliphatic carbocycles. The van der Waals surface area contributed by atoms with Gasteiger partial charge in [-0.2, -0.15) is 0 Å². The fourth-order valence-electron chi connectivity index (χ4n) is 2.31. The van der Waals surface area contributed by atoms with Gasteiger partial charge in [-0.1, -0.05) is 0 Å². The summed E-state index contributed by atoms with van der Waals surface area (Å²) in [5, 5.41) is 1.14. The van der Waals surface area contributed by atoms with Crippen molar-refractivity contribution in [1.29, 1.82) is 0 Å². The van der Waals surface area contributed by atoms with Crippen molar-refractivity contribution in [2.24, 2.45) is 5.73 Å². The number of aromatic nitrogens is 1. The standard InChI is InChI=1S/C13H24N4S/c1-10-11(9-14)18-12(15-10)16-5-7-17(8-6-16)13(2,3)4/h5-9,14H2,1-4H3. The molecule has 2 heterocycles. The summed E-state index contributed by atoms with van der Waals surface area (Å²) in [6.07, 6.45) is 0. The van der Waals surface area contributed by atoms with Gasteiger partial charge in [-0.05, 0) is 27.7 Å². The van der Waals surface area contributed by atoms with Crippen LogP contribution in [0.5, 0.6) is 0 Å². The summed E-state index contributed by atoms with van der Waals surface area (Å²) >= 11 is 1.75. The van der Waals surface area contributed by atoms with Crippen LogP contribution in [0.15, 0.2) is 0 Å². The third kappa shape index (κ3) is 2.84. The largest absolute Gasteiger partial charge is 0.346 e. The lowest BCUT2D eigenvalue weighted by molar-refractivity contribution is 0.128. The molecule has 0 radical (unpaired) electrons. The van der Waals surface area contributed by atoms with E-state index >= 15 is 0 Å². The minimum absolute atomic E-state index is 0.271. The van der Waals surface area contributed by atoms with Gasteiger partial charge in [0.1, 0.15) is 0 Å². The van der Waals surface area contributed by atoms with Crippen molar-refractivity contribution < 1.29 is 0 Å². The van der Waals surface area contributed by atoms with Gasteiger partial charge in [-0.15, -0.1) is 11.3 Å². The van der Waals surface area contributed by atoms with Crippen molar-refractivity contribution >= 4 is 16.5 Å². The molecule has 4 nitrogen and oxygen atoms in total. The van der Waals surface area contributed by atoms with Gasteiger partial charge in [0.15, 0.2) is 5.13 Å². The molecule has 0 atom stereocenters. The molecular formula is C13H24N4S. The quantitative estimate of drug-likeness (QED) is 0.889. The maximum Gasteiger partial charge on any atom is 0.185 e. The van der Waals surface area contributed by atoms with Crippen LogP contribution in [0.3, 0.4) is 0 Å². The Bertz CT molecular complexity index is 400. The Morgan fingerprint density at radius 2 is 1.83 bits per heavy atom. The number of nitrogens with two attached hydrogens (primary N) is 1. The van der Waals surface area contributed by atoms with Crippen LogP contribution in [-0.2, 0) is 6.54 Å². The number of rotatable bonds is 2. The summed E-state index contributed by atoms with van der Waals surface area (Å²) in [6, 6.07) is 0. The van der Waals surface area contributed by atoms with E-state index in [1.54, 1.807) is 11.3 Å². The molecule has 0 unspecified atom stereocenters. The molecule has 2 rings (SSSR count). The zero-order valence-corrected chi connectivity index (χ0v) is 12.7. The first-order valence-electron chi connectivity index (χ1n) is 6.58. The molecule has 18 heavy (non-hydrogen) atoms. The molecule has 102 valence electrons. The van der Waals surface area contributed by atoms with E-state index in [9.17, 15) is 0 Å². The zero-order valence-electron chi connectivity index (χ0n) is 11.9. The van der Waals surface area contributed by atoms with Gasteiger partial charge in [0.25, 0.3) is 0 Å². The molecule has 1 aliphatic heterocycles. The zero-order chi connectivity index (χ0) is 13.3. The molecular weight excluding hydrogens is 244 g/mol. The maximum atomic E-state index is 5.72. The van der Waals surface area contributed by atoms with E-state index in [4.69, 9.17) is 5.73 Å². The Balaban J connectivity index is 2.01. The van der Waals surface area contributed by atoms with E-state index in [2.05, 4.69) is 35.6 Å². The number of nitrogens with zero attached hydrogens (tertiary/aromatic N) is 3. The summed E-state index contributed by atoms with van der Waals surface area (Å²) in [5.41, 5.74) is 7.08. The first-order chi connectivity index (χ1) is 8.41. The molecule has 0 spiro atoms. The highest BCUT2D eigenvalue weighted by molar-refractivity contribution is 7.15. The van der Waals surface area contributed by atoms with Gasteiger partial charge in [0.05, 0.1) is 5.69 Å². The molecule has 0 amide bonds. The SMILES string of the molecule is Cc1nc(N2CCN(C(C)(C)C)CC2)sc1CN. The Kier molecular flexibility index (Phi) is 3.94. The highest BCUT2D eigenvalue weighted by Crippen LogP contribution is 2.27. The molecule has 0 bridgehead atoms. The smallest absolute Gasteiger partial charge is 0.185 e. The van der Waals surface area contributed by atoms with E-state index in [-0.39, 0.29) is 5.54 Å². The summed E-state index contributed by atoms with van der Waals surface area (Å²) < 4.78 is 0. The molecule has 0 aromatic carbocycles. The van der Waals surface area contributed by atoms with Crippen LogP contribution >= 0.6 is 11.3 Å². The molecule has 5 heteroatoms. The van der Waals surface area contributed by atoms with Crippen LogP contribution in [0.1, 0.15) is 31.3 Å². The first kappa shape index (κ1) is 13.8.